The van der Waals surface area contributed by atoms with Crippen molar-refractivity contribution in [3.63, 3.8) is 0 Å². The summed E-state index contributed by atoms with van der Waals surface area (Å²) in [6.07, 6.45) is 0. The minimum Gasteiger partial charge on any atom is -0.494 e. The number of ether oxygens (including phenoxy) is 1. The zero-order chi connectivity index (χ0) is 17.1. The summed E-state index contributed by atoms with van der Waals surface area (Å²) in [5.41, 5.74) is 0.766. The first-order valence-corrected chi connectivity index (χ1v) is 9.12. The second kappa shape index (κ2) is 7.03. The molecule has 0 amide bonds. The molecule has 0 bridgehead atoms. The largest absolute Gasteiger partial charge is 0.494 e. The van der Waals surface area contributed by atoms with Gasteiger partial charge in [-0.15, -0.1) is 16.4 Å². The lowest BCUT2D eigenvalue weighted by atomic mass is 10.3. The molecular formula is C15H12N6O2S2. The molecule has 3 heterocycles. The molecule has 0 aliphatic carbocycles. The number of hydrogen-bond donors (Lipinski definition) is 0. The number of aromatic nitrogens is 6. The van der Waals surface area contributed by atoms with Crippen molar-refractivity contribution in [1.29, 1.82) is 0 Å². The number of thiophene rings is 1. The van der Waals surface area contributed by atoms with Gasteiger partial charge in [0.1, 0.15) is 11.4 Å². The molecule has 0 atom stereocenters. The van der Waals surface area contributed by atoms with Crippen LogP contribution in [0, 0.1) is 0 Å². The lowest BCUT2D eigenvalue weighted by molar-refractivity contribution is 0.391. The summed E-state index contributed by atoms with van der Waals surface area (Å²) in [5.74, 6) is 2.26. The van der Waals surface area contributed by atoms with Crippen molar-refractivity contribution >= 4 is 23.1 Å². The molecule has 0 saturated heterocycles. The van der Waals surface area contributed by atoms with E-state index in [4.69, 9.17) is 9.26 Å². The minimum atomic E-state index is 0.466. The average molecular weight is 372 g/mol. The predicted molar refractivity (Wildman–Crippen MR) is 92.9 cm³/mol. The number of thioether (sulfide) groups is 1. The predicted octanol–water partition coefficient (Wildman–Crippen LogP) is 3.07. The van der Waals surface area contributed by atoms with Crippen LogP contribution in [0.1, 0.15) is 5.89 Å². The third-order valence-corrected chi connectivity index (χ3v) is 5.06. The Bertz CT molecular complexity index is 966. The Balaban J connectivity index is 1.52. The van der Waals surface area contributed by atoms with Crippen LogP contribution in [0.4, 0.5) is 0 Å². The molecule has 0 unspecified atom stereocenters. The van der Waals surface area contributed by atoms with Crippen molar-refractivity contribution in [2.24, 2.45) is 0 Å². The van der Waals surface area contributed by atoms with E-state index in [-0.39, 0.29) is 0 Å². The Morgan fingerprint density at radius 2 is 2.16 bits per heavy atom. The van der Waals surface area contributed by atoms with Gasteiger partial charge in [-0.3, -0.25) is 0 Å². The Hall–Kier alpha value is -2.72. The van der Waals surface area contributed by atoms with Crippen LogP contribution in [0.15, 0.2) is 51.5 Å². The monoisotopic (exact) mass is 372 g/mol. The lowest BCUT2D eigenvalue weighted by Crippen LogP contribution is -2.01. The second-order valence-corrected chi connectivity index (χ2v) is 6.71. The Kier molecular flexibility index (Phi) is 4.44. The molecule has 0 spiro atoms. The van der Waals surface area contributed by atoms with E-state index in [1.807, 2.05) is 41.8 Å². The number of hydrogen-bond acceptors (Lipinski definition) is 9. The van der Waals surface area contributed by atoms with Crippen molar-refractivity contribution in [3.8, 4) is 22.1 Å². The normalized spacial score (nSPS) is 10.9. The van der Waals surface area contributed by atoms with E-state index in [1.165, 1.54) is 11.8 Å². The van der Waals surface area contributed by atoms with E-state index in [0.717, 1.165) is 10.6 Å². The first-order chi connectivity index (χ1) is 12.3. The third-order valence-electron chi connectivity index (χ3n) is 3.29. The lowest BCUT2D eigenvalue weighted by Gasteiger charge is -2.08. The molecular weight excluding hydrogens is 360 g/mol. The Morgan fingerprint density at radius 1 is 1.24 bits per heavy atom. The van der Waals surface area contributed by atoms with Crippen LogP contribution in [-0.4, -0.2) is 37.5 Å². The molecule has 1 aromatic carbocycles. The van der Waals surface area contributed by atoms with E-state index in [1.54, 1.807) is 23.1 Å². The van der Waals surface area contributed by atoms with Crippen LogP contribution in [0.5, 0.6) is 5.75 Å². The van der Waals surface area contributed by atoms with Gasteiger partial charge in [0.15, 0.2) is 0 Å². The van der Waals surface area contributed by atoms with Crippen molar-refractivity contribution in [3.05, 3.63) is 47.7 Å². The van der Waals surface area contributed by atoms with Crippen molar-refractivity contribution in [2.75, 3.05) is 7.11 Å². The quantitative estimate of drug-likeness (QED) is 0.477. The van der Waals surface area contributed by atoms with Gasteiger partial charge < -0.3 is 9.26 Å². The van der Waals surface area contributed by atoms with Gasteiger partial charge in [0.2, 0.25) is 16.9 Å². The molecule has 4 rings (SSSR count). The Morgan fingerprint density at radius 3 is 3.00 bits per heavy atom. The first kappa shape index (κ1) is 15.8. The van der Waals surface area contributed by atoms with E-state index < -0.39 is 0 Å². The van der Waals surface area contributed by atoms with Crippen molar-refractivity contribution < 1.29 is 9.26 Å². The topological polar surface area (TPSA) is 91.8 Å². The fourth-order valence-electron chi connectivity index (χ4n) is 2.17. The van der Waals surface area contributed by atoms with Gasteiger partial charge >= 0.3 is 0 Å². The van der Waals surface area contributed by atoms with Gasteiger partial charge in [-0.1, -0.05) is 35.1 Å². The van der Waals surface area contributed by atoms with Crippen molar-refractivity contribution in [1.82, 2.24) is 30.3 Å². The number of benzene rings is 1. The fraction of sp³-hybridized carbons (Fsp3) is 0.133. The zero-order valence-electron chi connectivity index (χ0n) is 13.1. The molecule has 4 aromatic rings. The van der Waals surface area contributed by atoms with Gasteiger partial charge in [-0.05, 0) is 34.0 Å². The highest BCUT2D eigenvalue weighted by molar-refractivity contribution is 7.98. The van der Waals surface area contributed by atoms with Crippen LogP contribution >= 0.6 is 23.1 Å². The molecule has 8 nitrogen and oxygen atoms in total. The number of nitrogens with zero attached hydrogens (tertiary/aromatic N) is 6. The van der Waals surface area contributed by atoms with Gasteiger partial charge in [0, 0.05) is 0 Å². The number of tetrazole rings is 1. The van der Waals surface area contributed by atoms with Crippen LogP contribution in [-0.2, 0) is 5.75 Å². The summed E-state index contributed by atoms with van der Waals surface area (Å²) in [6, 6.07) is 11.4. The standard InChI is InChI=1S/C15H12N6O2S2/c1-22-11-6-3-2-5-10(11)21-15(17-19-20-21)25-9-13-16-14(18-23-13)12-7-4-8-24-12/h2-8H,9H2,1H3. The maximum absolute atomic E-state index is 5.37. The summed E-state index contributed by atoms with van der Waals surface area (Å²) in [6.45, 7) is 0. The highest BCUT2D eigenvalue weighted by atomic mass is 32.2. The summed E-state index contributed by atoms with van der Waals surface area (Å²) in [4.78, 5) is 5.37. The third kappa shape index (κ3) is 3.26. The van der Waals surface area contributed by atoms with Crippen LogP contribution in [0.2, 0.25) is 0 Å². The summed E-state index contributed by atoms with van der Waals surface area (Å²) in [5, 5.41) is 18.4. The van der Waals surface area contributed by atoms with Crippen LogP contribution in [0.25, 0.3) is 16.4 Å². The summed E-state index contributed by atoms with van der Waals surface area (Å²) < 4.78 is 12.3. The van der Waals surface area contributed by atoms with E-state index >= 15 is 0 Å². The molecule has 0 radical (unpaired) electrons. The van der Waals surface area contributed by atoms with Gasteiger partial charge in [-0.2, -0.15) is 9.67 Å². The van der Waals surface area contributed by atoms with E-state index in [2.05, 4.69) is 25.7 Å². The average Bonchev–Trinajstić information content (AvgIpc) is 3.40. The first-order valence-electron chi connectivity index (χ1n) is 7.26. The van der Waals surface area contributed by atoms with Crippen molar-refractivity contribution in [2.45, 2.75) is 10.9 Å². The van der Waals surface area contributed by atoms with Gasteiger partial charge in [-0.25, -0.2) is 0 Å². The maximum atomic E-state index is 5.37. The van der Waals surface area contributed by atoms with E-state index in [0.29, 0.717) is 28.4 Å². The van der Waals surface area contributed by atoms with Crippen LogP contribution in [0.3, 0.4) is 0 Å². The smallest absolute Gasteiger partial charge is 0.237 e. The molecule has 25 heavy (non-hydrogen) atoms. The molecule has 0 saturated carbocycles. The number of rotatable bonds is 6. The summed E-state index contributed by atoms with van der Waals surface area (Å²) >= 11 is 2.98. The molecule has 0 aliphatic rings. The highest BCUT2D eigenvalue weighted by Crippen LogP contribution is 2.28. The van der Waals surface area contributed by atoms with Gasteiger partial charge in [0.25, 0.3) is 0 Å². The highest BCUT2D eigenvalue weighted by Gasteiger charge is 2.15. The van der Waals surface area contributed by atoms with Gasteiger partial charge in [0.05, 0.1) is 17.7 Å². The SMILES string of the molecule is COc1ccccc1-n1nnnc1SCc1nc(-c2cccs2)no1. The fourth-order valence-corrected chi connectivity index (χ4v) is 3.54. The molecule has 0 N–H and O–H groups in total. The number of para-hydroxylation sites is 2. The van der Waals surface area contributed by atoms with Crippen LogP contribution < -0.4 is 4.74 Å². The molecule has 126 valence electrons. The molecule has 10 heteroatoms. The summed E-state index contributed by atoms with van der Waals surface area (Å²) in [7, 11) is 1.61. The molecule has 0 fully saturated rings. The molecule has 0 aliphatic heterocycles. The molecule has 3 aromatic heterocycles. The second-order valence-electron chi connectivity index (χ2n) is 4.82. The maximum Gasteiger partial charge on any atom is 0.237 e. The zero-order valence-corrected chi connectivity index (χ0v) is 14.7. The number of methoxy groups -OCH3 is 1. The minimum absolute atomic E-state index is 0.466. The van der Waals surface area contributed by atoms with E-state index in [9.17, 15) is 0 Å². The Labute approximate surface area is 150 Å².